The number of hydrogen-bond donors (Lipinski definition) is 1. The Morgan fingerprint density at radius 3 is 2.41 bits per heavy atom. The van der Waals surface area contributed by atoms with Crippen molar-refractivity contribution in [2.45, 2.75) is 43.2 Å². The average Bonchev–Trinajstić information content (AvgIpc) is 3.20. The van der Waals surface area contributed by atoms with Crippen LogP contribution in [0.3, 0.4) is 0 Å². The van der Waals surface area contributed by atoms with E-state index >= 15 is 8.78 Å². The van der Waals surface area contributed by atoms with Gasteiger partial charge < -0.3 is 9.47 Å². The highest BCUT2D eigenvalue weighted by Crippen LogP contribution is 2.27. The largest absolute Gasteiger partial charge is 0.464 e. The second kappa shape index (κ2) is 16.9. The van der Waals surface area contributed by atoms with Gasteiger partial charge in [0, 0.05) is 68.8 Å². The van der Waals surface area contributed by atoms with Gasteiger partial charge in [-0.3, -0.25) is 24.1 Å². The van der Waals surface area contributed by atoms with E-state index in [2.05, 4.69) is 29.7 Å². The van der Waals surface area contributed by atoms with E-state index in [1.54, 1.807) is 18.5 Å². The van der Waals surface area contributed by atoms with Crippen molar-refractivity contribution in [3.05, 3.63) is 135 Å². The Hall–Kier alpha value is -6.53. The second-order valence-corrected chi connectivity index (χ2v) is 15.3. The van der Waals surface area contributed by atoms with Crippen LogP contribution in [0.1, 0.15) is 36.2 Å². The summed E-state index contributed by atoms with van der Waals surface area (Å²) in [7, 11) is -1.31. The molecule has 298 valence electrons. The second-order valence-electron chi connectivity index (χ2n) is 13.6. The molecule has 1 saturated carbocycles. The van der Waals surface area contributed by atoms with Gasteiger partial charge in [0.25, 0.3) is 15.6 Å². The number of pyridine rings is 2. The number of aliphatic imine (C=N–C) groups is 1. The maximum absolute atomic E-state index is 15.4. The molecule has 7 rings (SSSR count). The lowest BCUT2D eigenvalue weighted by Crippen LogP contribution is -2.38. The van der Waals surface area contributed by atoms with Gasteiger partial charge in [-0.2, -0.15) is 0 Å². The Morgan fingerprint density at radius 1 is 0.983 bits per heavy atom. The van der Waals surface area contributed by atoms with Gasteiger partial charge in [-0.15, -0.1) is 0 Å². The van der Waals surface area contributed by atoms with Crippen LogP contribution in [0.15, 0.2) is 105 Å². The van der Waals surface area contributed by atoms with Gasteiger partial charge in [-0.25, -0.2) is 46.3 Å². The topological polar surface area (TPSA) is 190 Å². The Bertz CT molecular complexity index is 2740. The van der Waals surface area contributed by atoms with Crippen molar-refractivity contribution in [3.63, 3.8) is 0 Å². The molecular weight excluding hydrogens is 775 g/mol. The number of aryl methyl sites for hydroxylation is 1. The summed E-state index contributed by atoms with van der Waals surface area (Å²) in [5.74, 6) is -2.05. The van der Waals surface area contributed by atoms with Crippen LogP contribution in [0.4, 0.5) is 14.5 Å². The first-order chi connectivity index (χ1) is 27.9. The van der Waals surface area contributed by atoms with Gasteiger partial charge >= 0.3 is 11.7 Å². The lowest BCUT2D eigenvalue weighted by molar-refractivity contribution is -0.147. The normalized spacial score (nSPS) is 13.7. The van der Waals surface area contributed by atoms with Gasteiger partial charge in [0.2, 0.25) is 0 Å². The molecule has 2 aromatic carbocycles. The molecule has 6 aromatic rings. The summed E-state index contributed by atoms with van der Waals surface area (Å²) in [6.07, 6.45) is 11.2. The zero-order chi connectivity index (χ0) is 41.0. The first-order valence-electron chi connectivity index (χ1n) is 18.0. The quantitative estimate of drug-likeness (QED) is 0.120. The predicted molar refractivity (Wildman–Crippen MR) is 209 cm³/mol. The summed E-state index contributed by atoms with van der Waals surface area (Å²) in [6, 6.07) is 10.4. The number of aromatic nitrogens is 6. The van der Waals surface area contributed by atoms with Gasteiger partial charge in [0.15, 0.2) is 11.9 Å². The van der Waals surface area contributed by atoms with Crippen LogP contribution >= 0.6 is 0 Å². The monoisotopic (exact) mass is 810 g/mol. The maximum atomic E-state index is 15.4. The zero-order valence-corrected chi connectivity index (χ0v) is 32.0. The first kappa shape index (κ1) is 39.7. The molecule has 0 unspecified atom stereocenters. The molecule has 1 N–H and O–H groups in total. The summed E-state index contributed by atoms with van der Waals surface area (Å²) < 4.78 is 71.9. The molecule has 0 saturated heterocycles. The van der Waals surface area contributed by atoms with Crippen molar-refractivity contribution in [1.29, 1.82) is 0 Å². The van der Waals surface area contributed by atoms with Crippen LogP contribution in [0.2, 0.25) is 0 Å². The molecule has 4 heterocycles. The summed E-state index contributed by atoms with van der Waals surface area (Å²) in [6.45, 7) is 0.420. The number of carbonyl (C=O) groups is 1. The summed E-state index contributed by atoms with van der Waals surface area (Å²) >= 11 is 0. The Labute approximate surface area is 330 Å². The van der Waals surface area contributed by atoms with Crippen molar-refractivity contribution < 1.29 is 31.5 Å². The number of carbonyl (C=O) groups excluding carboxylic acids is 1. The third-order valence-electron chi connectivity index (χ3n) is 9.70. The Kier molecular flexibility index (Phi) is 11.6. The molecule has 1 aliphatic rings. The number of ether oxygens (including phenoxy) is 2. The van der Waals surface area contributed by atoms with E-state index in [-0.39, 0.29) is 47.2 Å². The number of rotatable bonds is 14. The van der Waals surface area contributed by atoms with Crippen molar-refractivity contribution in [2.75, 3.05) is 18.4 Å². The number of fused-ring (bicyclic) bond motifs is 1. The van der Waals surface area contributed by atoms with Gasteiger partial charge in [0.1, 0.15) is 24.1 Å². The minimum Gasteiger partial charge on any atom is -0.464 e. The van der Waals surface area contributed by atoms with E-state index in [1.165, 1.54) is 73.7 Å². The molecule has 0 amide bonds. The predicted octanol–water partition coefficient (Wildman–Crippen LogP) is 4.54. The van der Waals surface area contributed by atoms with Crippen molar-refractivity contribution in [2.24, 2.45) is 18.0 Å². The number of nitrogens with one attached hydrogen (secondary N) is 1. The van der Waals surface area contributed by atoms with Crippen molar-refractivity contribution in [3.8, 4) is 16.9 Å². The molecule has 15 nitrogen and oxygen atoms in total. The smallest absolute Gasteiger partial charge is 0.337 e. The summed E-state index contributed by atoms with van der Waals surface area (Å²) in [5, 5.41) is 0.267. The number of halogens is 2. The van der Waals surface area contributed by atoms with E-state index in [0.717, 1.165) is 36.1 Å². The van der Waals surface area contributed by atoms with E-state index in [0.29, 0.717) is 34.1 Å². The lowest BCUT2D eigenvalue weighted by atomic mass is 9.86. The minimum atomic E-state index is -4.34. The molecule has 0 bridgehead atoms. The van der Waals surface area contributed by atoms with E-state index < -0.39 is 50.6 Å². The lowest BCUT2D eigenvalue weighted by Gasteiger charge is -2.25. The summed E-state index contributed by atoms with van der Waals surface area (Å²) in [5.41, 5.74) is -0.112. The van der Waals surface area contributed by atoms with Gasteiger partial charge in [0.05, 0.1) is 34.3 Å². The fourth-order valence-corrected chi connectivity index (χ4v) is 7.25. The van der Waals surface area contributed by atoms with Gasteiger partial charge in [-0.1, -0.05) is 24.6 Å². The number of nitrogens with zero attached hydrogens (tertiary/aromatic N) is 7. The number of methoxy groups -OCH3 is 1. The first-order valence-corrected chi connectivity index (χ1v) is 19.5. The number of anilines is 1. The average molecular weight is 811 g/mol. The van der Waals surface area contributed by atoms with Crippen LogP contribution in [0.25, 0.3) is 27.8 Å². The number of hydrogen-bond acceptors (Lipinski definition) is 12. The highest BCUT2D eigenvalue weighted by molar-refractivity contribution is 7.92. The highest BCUT2D eigenvalue weighted by Gasteiger charge is 2.25. The van der Waals surface area contributed by atoms with E-state index in [4.69, 9.17) is 9.47 Å². The minimum absolute atomic E-state index is 0.0466. The number of sulfonamides is 1. The SMILES string of the molecule is COCc1ncc(-c2ccc(S(=O)(=O)Nc3cc(F)c(C=N[C@@H](Cc4ccc(-n5c(=O)c6ccncc6n(C)c5=O)nc4)C(=O)OCC4CCC4)cc3F)cc2)cn1. The van der Waals surface area contributed by atoms with Crippen molar-refractivity contribution >= 4 is 38.8 Å². The molecule has 1 fully saturated rings. The van der Waals surface area contributed by atoms with E-state index in [9.17, 15) is 22.8 Å². The van der Waals surface area contributed by atoms with E-state index in [1.807, 2.05) is 0 Å². The maximum Gasteiger partial charge on any atom is 0.337 e. The molecule has 0 spiro atoms. The molecule has 1 aliphatic carbocycles. The van der Waals surface area contributed by atoms with Crippen molar-refractivity contribution in [1.82, 2.24) is 29.1 Å². The molecule has 18 heteroatoms. The van der Waals surface area contributed by atoms with Crippen LogP contribution in [0.5, 0.6) is 0 Å². The highest BCUT2D eigenvalue weighted by atomic mass is 32.2. The van der Waals surface area contributed by atoms with Crippen LogP contribution < -0.4 is 16.0 Å². The molecule has 0 radical (unpaired) electrons. The molecule has 58 heavy (non-hydrogen) atoms. The summed E-state index contributed by atoms with van der Waals surface area (Å²) in [4.78, 5) is 60.4. The Balaban J connectivity index is 1.08. The Morgan fingerprint density at radius 2 is 1.74 bits per heavy atom. The number of esters is 1. The third kappa shape index (κ3) is 8.57. The molecule has 4 aromatic heterocycles. The third-order valence-corrected chi connectivity index (χ3v) is 11.1. The molecule has 0 aliphatic heterocycles. The molecule has 1 atom stereocenters. The van der Waals surface area contributed by atoms with Crippen LogP contribution in [-0.2, 0) is 44.4 Å². The van der Waals surface area contributed by atoms with Gasteiger partial charge in [-0.05, 0) is 60.2 Å². The molecular formula is C40H36F2N8O7S. The fraction of sp³-hybridized carbons (Fsp3) is 0.250. The zero-order valence-electron chi connectivity index (χ0n) is 31.2. The van der Waals surface area contributed by atoms with Crippen LogP contribution in [0, 0.1) is 17.6 Å². The van der Waals surface area contributed by atoms with Crippen LogP contribution in [-0.4, -0.2) is 69.4 Å². The number of benzene rings is 2. The fourth-order valence-electron chi connectivity index (χ4n) is 6.19. The standard InChI is InChI=1S/C40H36F2N8O7S/c1-49-35-21-43-13-12-30(35)38(51)50(40(49)53)37-11-6-25(17-47-37)14-34(39(52)57-22-24-4-3-5-24)44-18-27-15-32(42)33(16-31(27)41)48-58(54,55)29-9-7-26(8-10-29)28-19-45-36(23-56-2)46-20-28/h6-13,15-21,24,34,48H,3-5,14,22-23H2,1-2H3/t34-/m0/s1.